The molecule has 1 fully saturated rings. The summed E-state index contributed by atoms with van der Waals surface area (Å²) in [5.74, 6) is -1.30. The van der Waals surface area contributed by atoms with Gasteiger partial charge in [0.1, 0.15) is 11.6 Å². The van der Waals surface area contributed by atoms with Gasteiger partial charge in [-0.25, -0.2) is 8.78 Å². The minimum absolute atomic E-state index is 0.137. The number of piperidine rings is 1. The lowest BCUT2D eigenvalue weighted by Crippen LogP contribution is -2.48. The maximum Gasteiger partial charge on any atom is 0.238 e. The van der Waals surface area contributed by atoms with Gasteiger partial charge in [0.25, 0.3) is 0 Å². The van der Waals surface area contributed by atoms with Crippen molar-refractivity contribution in [2.45, 2.75) is 25.8 Å². The van der Waals surface area contributed by atoms with Gasteiger partial charge in [0, 0.05) is 30.9 Å². The van der Waals surface area contributed by atoms with Gasteiger partial charge in [-0.3, -0.25) is 9.69 Å². The molecule has 2 atom stereocenters. The molecule has 0 saturated carbocycles. The Kier molecular flexibility index (Phi) is 5.25. The van der Waals surface area contributed by atoms with Crippen LogP contribution in [-0.4, -0.2) is 36.5 Å². The molecule has 116 valence electrons. The number of rotatable bonds is 4. The van der Waals surface area contributed by atoms with E-state index in [9.17, 15) is 13.6 Å². The Hall–Kier alpha value is -1.53. The van der Waals surface area contributed by atoms with E-state index in [1.165, 1.54) is 0 Å². The zero-order chi connectivity index (χ0) is 15.4. The third-order valence-corrected chi connectivity index (χ3v) is 3.91. The molecule has 0 spiro atoms. The van der Waals surface area contributed by atoms with Gasteiger partial charge in [0.05, 0.1) is 6.54 Å². The molecule has 4 nitrogen and oxygen atoms in total. The minimum Gasteiger partial charge on any atom is -0.327 e. The van der Waals surface area contributed by atoms with Crippen molar-refractivity contribution in [1.29, 1.82) is 0 Å². The van der Waals surface area contributed by atoms with Crippen molar-refractivity contribution in [3.8, 4) is 0 Å². The van der Waals surface area contributed by atoms with Crippen molar-refractivity contribution >= 4 is 11.6 Å². The molecule has 1 aliphatic heterocycles. The van der Waals surface area contributed by atoms with Crippen LogP contribution in [-0.2, 0) is 4.79 Å². The summed E-state index contributed by atoms with van der Waals surface area (Å²) in [4.78, 5) is 14.0. The SMILES string of the molecule is CCC1CN(CC(=O)Nc2cc(F)cc(F)c2)CCC1N. The highest BCUT2D eigenvalue weighted by Crippen LogP contribution is 2.18. The maximum absolute atomic E-state index is 13.1. The largest absolute Gasteiger partial charge is 0.327 e. The van der Waals surface area contributed by atoms with Gasteiger partial charge in [0.15, 0.2) is 0 Å². The van der Waals surface area contributed by atoms with E-state index in [1.807, 2.05) is 4.90 Å². The number of amides is 1. The average Bonchev–Trinajstić information content (AvgIpc) is 2.39. The molecule has 2 rings (SSSR count). The van der Waals surface area contributed by atoms with E-state index in [0.29, 0.717) is 5.92 Å². The second kappa shape index (κ2) is 6.95. The normalized spacial score (nSPS) is 23.0. The molecule has 1 saturated heterocycles. The Labute approximate surface area is 123 Å². The van der Waals surface area contributed by atoms with Gasteiger partial charge in [-0.1, -0.05) is 13.3 Å². The Morgan fingerprint density at radius 1 is 1.38 bits per heavy atom. The number of anilines is 1. The first-order chi connectivity index (χ1) is 9.97. The lowest BCUT2D eigenvalue weighted by molar-refractivity contribution is -0.117. The molecule has 2 unspecified atom stereocenters. The van der Waals surface area contributed by atoms with Crippen LogP contribution in [0.15, 0.2) is 18.2 Å². The highest BCUT2D eigenvalue weighted by molar-refractivity contribution is 5.92. The van der Waals surface area contributed by atoms with Crippen molar-refractivity contribution < 1.29 is 13.6 Å². The second-order valence-electron chi connectivity index (χ2n) is 5.56. The fourth-order valence-corrected chi connectivity index (χ4v) is 2.73. The summed E-state index contributed by atoms with van der Waals surface area (Å²) in [5.41, 5.74) is 6.17. The van der Waals surface area contributed by atoms with Gasteiger partial charge in [-0.15, -0.1) is 0 Å². The first kappa shape index (κ1) is 15.9. The highest BCUT2D eigenvalue weighted by atomic mass is 19.1. The number of nitrogens with zero attached hydrogens (tertiary/aromatic N) is 1. The summed E-state index contributed by atoms with van der Waals surface area (Å²) in [6.07, 6.45) is 1.84. The van der Waals surface area contributed by atoms with E-state index in [1.54, 1.807) is 0 Å². The number of nitrogens with two attached hydrogens (primary N) is 1. The summed E-state index contributed by atoms with van der Waals surface area (Å²) in [7, 11) is 0. The minimum atomic E-state index is -0.708. The smallest absolute Gasteiger partial charge is 0.238 e. The summed E-state index contributed by atoms with van der Waals surface area (Å²) in [6.45, 7) is 3.84. The van der Waals surface area contributed by atoms with Crippen molar-refractivity contribution in [2.75, 3.05) is 25.0 Å². The monoisotopic (exact) mass is 297 g/mol. The number of halogens is 2. The van der Waals surface area contributed by atoms with E-state index in [2.05, 4.69) is 12.2 Å². The van der Waals surface area contributed by atoms with E-state index in [4.69, 9.17) is 5.73 Å². The molecule has 1 aromatic rings. The second-order valence-corrected chi connectivity index (χ2v) is 5.56. The number of benzene rings is 1. The van der Waals surface area contributed by atoms with Crippen LogP contribution >= 0.6 is 0 Å². The van der Waals surface area contributed by atoms with Crippen molar-refractivity contribution in [3.63, 3.8) is 0 Å². The first-order valence-corrected chi connectivity index (χ1v) is 7.21. The lowest BCUT2D eigenvalue weighted by Gasteiger charge is -2.36. The third-order valence-electron chi connectivity index (χ3n) is 3.91. The predicted molar refractivity (Wildman–Crippen MR) is 77.8 cm³/mol. The molecular weight excluding hydrogens is 276 g/mol. The Balaban J connectivity index is 1.89. The van der Waals surface area contributed by atoms with Crippen LogP contribution in [0.1, 0.15) is 19.8 Å². The van der Waals surface area contributed by atoms with Gasteiger partial charge in [-0.2, -0.15) is 0 Å². The zero-order valence-corrected chi connectivity index (χ0v) is 12.1. The molecular formula is C15H21F2N3O. The van der Waals surface area contributed by atoms with E-state index in [-0.39, 0.29) is 24.2 Å². The van der Waals surface area contributed by atoms with Crippen molar-refractivity contribution in [3.05, 3.63) is 29.8 Å². The van der Waals surface area contributed by atoms with E-state index >= 15 is 0 Å². The number of carbonyl (C=O) groups is 1. The molecule has 0 radical (unpaired) electrons. The van der Waals surface area contributed by atoms with Crippen LogP contribution in [0.2, 0.25) is 0 Å². The van der Waals surface area contributed by atoms with Crippen LogP contribution < -0.4 is 11.1 Å². The molecule has 21 heavy (non-hydrogen) atoms. The summed E-state index contributed by atoms with van der Waals surface area (Å²) in [5, 5.41) is 2.52. The van der Waals surface area contributed by atoms with Crippen LogP contribution in [0.4, 0.5) is 14.5 Å². The van der Waals surface area contributed by atoms with Crippen molar-refractivity contribution in [1.82, 2.24) is 4.90 Å². The van der Waals surface area contributed by atoms with Crippen LogP contribution in [0.3, 0.4) is 0 Å². The molecule has 0 aromatic heterocycles. The molecule has 3 N–H and O–H groups in total. The average molecular weight is 297 g/mol. The van der Waals surface area contributed by atoms with Gasteiger partial charge >= 0.3 is 0 Å². The van der Waals surface area contributed by atoms with Crippen molar-refractivity contribution in [2.24, 2.45) is 11.7 Å². The van der Waals surface area contributed by atoms with E-state index in [0.717, 1.165) is 44.1 Å². The Morgan fingerprint density at radius 2 is 2.05 bits per heavy atom. The molecule has 0 aliphatic carbocycles. The lowest BCUT2D eigenvalue weighted by atomic mass is 9.91. The summed E-state index contributed by atoms with van der Waals surface area (Å²) >= 11 is 0. The van der Waals surface area contributed by atoms with Crippen LogP contribution in [0, 0.1) is 17.6 Å². The summed E-state index contributed by atoms with van der Waals surface area (Å²) in [6, 6.07) is 3.16. The first-order valence-electron chi connectivity index (χ1n) is 7.21. The third kappa shape index (κ3) is 4.47. The van der Waals surface area contributed by atoms with Gasteiger partial charge < -0.3 is 11.1 Å². The molecule has 1 aliphatic rings. The number of hydrogen-bond acceptors (Lipinski definition) is 3. The number of nitrogens with one attached hydrogen (secondary N) is 1. The highest BCUT2D eigenvalue weighted by Gasteiger charge is 2.26. The summed E-state index contributed by atoms with van der Waals surface area (Å²) < 4.78 is 26.1. The topological polar surface area (TPSA) is 58.4 Å². The van der Waals surface area contributed by atoms with Crippen LogP contribution in [0.5, 0.6) is 0 Å². The molecule has 1 aromatic carbocycles. The number of likely N-dealkylation sites (tertiary alicyclic amines) is 1. The number of carbonyl (C=O) groups excluding carboxylic acids is 1. The molecule has 0 bridgehead atoms. The molecule has 1 amide bonds. The predicted octanol–water partition coefficient (Wildman–Crippen LogP) is 1.96. The Morgan fingerprint density at radius 3 is 2.67 bits per heavy atom. The maximum atomic E-state index is 13.1. The van der Waals surface area contributed by atoms with E-state index < -0.39 is 11.6 Å². The van der Waals surface area contributed by atoms with Crippen LogP contribution in [0.25, 0.3) is 0 Å². The van der Waals surface area contributed by atoms with Gasteiger partial charge in [-0.05, 0) is 24.5 Å². The quantitative estimate of drug-likeness (QED) is 0.893. The fourth-order valence-electron chi connectivity index (χ4n) is 2.73. The number of hydrogen-bond donors (Lipinski definition) is 2. The van der Waals surface area contributed by atoms with Gasteiger partial charge in [0.2, 0.25) is 5.91 Å². The molecule has 1 heterocycles. The Bertz CT molecular complexity index is 489. The zero-order valence-electron chi connectivity index (χ0n) is 12.1. The molecule has 6 heteroatoms. The fraction of sp³-hybridized carbons (Fsp3) is 0.533. The standard InChI is InChI=1S/C15H21F2N3O/c1-2-10-8-20(4-3-14(10)18)9-15(21)19-13-6-11(16)5-12(17)7-13/h5-7,10,14H,2-4,8-9,18H2,1H3,(H,19,21).